The van der Waals surface area contributed by atoms with E-state index in [0.29, 0.717) is 23.3 Å². The number of pyridine rings is 1. The Morgan fingerprint density at radius 1 is 0.947 bits per heavy atom. The molecule has 4 aromatic rings. The Kier molecular flexibility index (Phi) is 6.71. The highest BCUT2D eigenvalue weighted by Gasteiger charge is 2.30. The Hall–Kier alpha value is -3.92. The molecule has 0 unspecified atom stereocenters. The van der Waals surface area contributed by atoms with Gasteiger partial charge in [-0.1, -0.05) is 12.1 Å². The van der Waals surface area contributed by atoms with Crippen LogP contribution in [0.15, 0.2) is 48.9 Å². The van der Waals surface area contributed by atoms with Crippen molar-refractivity contribution >= 4 is 28.6 Å². The fraction of sp³-hybridized carbons (Fsp3) is 0.357. The van der Waals surface area contributed by atoms with Crippen LogP contribution in [0.25, 0.3) is 11.0 Å². The number of piperazine rings is 1. The third-order valence-corrected chi connectivity index (χ3v) is 7.48. The van der Waals surface area contributed by atoms with Gasteiger partial charge in [0.1, 0.15) is 23.2 Å². The second kappa shape index (κ2) is 10.4. The smallest absolute Gasteiger partial charge is 0.260 e. The SMILES string of the molecule is O=C(Nc1ccccn1)c1c2n(c3c(N4CCN(CCc5ccc(F)c(F)c5)CC4)ncnc13)CCCC2. The minimum atomic E-state index is -0.816. The molecule has 1 aromatic carbocycles. The van der Waals surface area contributed by atoms with E-state index in [1.165, 1.54) is 12.1 Å². The van der Waals surface area contributed by atoms with E-state index in [1.54, 1.807) is 24.7 Å². The zero-order valence-electron chi connectivity index (χ0n) is 21.0. The van der Waals surface area contributed by atoms with Crippen molar-refractivity contribution in [2.45, 2.75) is 32.2 Å². The van der Waals surface area contributed by atoms with Crippen molar-refractivity contribution in [3.63, 3.8) is 0 Å². The van der Waals surface area contributed by atoms with Crippen LogP contribution < -0.4 is 10.2 Å². The van der Waals surface area contributed by atoms with Crippen LogP contribution in [0.2, 0.25) is 0 Å². The molecule has 0 atom stereocenters. The van der Waals surface area contributed by atoms with Crippen LogP contribution in [0.5, 0.6) is 0 Å². The zero-order chi connectivity index (χ0) is 26.1. The van der Waals surface area contributed by atoms with Gasteiger partial charge in [-0.05, 0) is 55.5 Å². The van der Waals surface area contributed by atoms with E-state index >= 15 is 0 Å². The zero-order valence-corrected chi connectivity index (χ0v) is 21.0. The summed E-state index contributed by atoms with van der Waals surface area (Å²) >= 11 is 0. The second-order valence-electron chi connectivity index (χ2n) is 9.82. The van der Waals surface area contributed by atoms with Crippen molar-refractivity contribution in [3.8, 4) is 0 Å². The number of carbonyl (C=O) groups is 1. The molecule has 0 bridgehead atoms. The van der Waals surface area contributed by atoms with Crippen molar-refractivity contribution in [3.05, 3.63) is 77.4 Å². The number of anilines is 2. The number of benzene rings is 1. The molecule has 2 aliphatic rings. The number of halogens is 2. The number of hydrogen-bond donors (Lipinski definition) is 1. The van der Waals surface area contributed by atoms with Crippen LogP contribution in [0.1, 0.15) is 34.5 Å². The fourth-order valence-electron chi connectivity index (χ4n) is 5.53. The quantitative estimate of drug-likeness (QED) is 0.416. The van der Waals surface area contributed by atoms with E-state index in [1.807, 2.05) is 12.1 Å². The fourth-order valence-corrected chi connectivity index (χ4v) is 5.53. The van der Waals surface area contributed by atoms with E-state index in [-0.39, 0.29) is 5.91 Å². The van der Waals surface area contributed by atoms with E-state index in [9.17, 15) is 13.6 Å². The number of nitrogens with one attached hydrogen (secondary N) is 1. The van der Waals surface area contributed by atoms with E-state index in [2.05, 4.69) is 34.6 Å². The van der Waals surface area contributed by atoms with E-state index < -0.39 is 11.6 Å². The molecular weight excluding hydrogens is 488 g/mol. The van der Waals surface area contributed by atoms with Crippen LogP contribution in [0.4, 0.5) is 20.4 Å². The highest BCUT2D eigenvalue weighted by molar-refractivity contribution is 6.14. The van der Waals surface area contributed by atoms with Crippen molar-refractivity contribution < 1.29 is 13.6 Å². The van der Waals surface area contributed by atoms with Crippen molar-refractivity contribution in [2.24, 2.45) is 0 Å². The maximum atomic E-state index is 13.6. The van der Waals surface area contributed by atoms with Gasteiger partial charge in [-0.3, -0.25) is 9.69 Å². The van der Waals surface area contributed by atoms with E-state index in [0.717, 1.165) is 81.1 Å². The van der Waals surface area contributed by atoms with Crippen LogP contribution in [-0.2, 0) is 19.4 Å². The summed E-state index contributed by atoms with van der Waals surface area (Å²) in [6, 6.07) is 9.53. The lowest BCUT2D eigenvalue weighted by Crippen LogP contribution is -2.47. The summed E-state index contributed by atoms with van der Waals surface area (Å²) < 4.78 is 29.0. The minimum Gasteiger partial charge on any atom is -0.352 e. The summed E-state index contributed by atoms with van der Waals surface area (Å²) in [4.78, 5) is 31.5. The molecule has 3 aromatic heterocycles. The molecule has 8 nitrogen and oxygen atoms in total. The maximum absolute atomic E-state index is 13.6. The summed E-state index contributed by atoms with van der Waals surface area (Å²) in [5.74, 6) is -0.450. The Balaban J connectivity index is 1.22. The molecule has 38 heavy (non-hydrogen) atoms. The maximum Gasteiger partial charge on any atom is 0.260 e. The lowest BCUT2D eigenvalue weighted by Gasteiger charge is -2.35. The number of nitrogens with zero attached hydrogens (tertiary/aromatic N) is 6. The number of carbonyl (C=O) groups excluding carboxylic acids is 1. The largest absolute Gasteiger partial charge is 0.352 e. The Morgan fingerprint density at radius 2 is 1.82 bits per heavy atom. The van der Waals surface area contributed by atoms with Gasteiger partial charge in [0.2, 0.25) is 0 Å². The Labute approximate surface area is 219 Å². The average Bonchev–Trinajstić information content (AvgIpc) is 3.29. The first-order valence-corrected chi connectivity index (χ1v) is 13.1. The summed E-state index contributed by atoms with van der Waals surface area (Å²) in [6.07, 6.45) is 6.76. The van der Waals surface area contributed by atoms with Crippen LogP contribution >= 0.6 is 0 Å². The first-order valence-electron chi connectivity index (χ1n) is 13.1. The Bertz CT molecular complexity index is 1470. The molecule has 0 aliphatic carbocycles. The van der Waals surface area contributed by atoms with Gasteiger partial charge in [-0.2, -0.15) is 0 Å². The van der Waals surface area contributed by atoms with Gasteiger partial charge in [-0.25, -0.2) is 23.7 Å². The molecule has 196 valence electrons. The second-order valence-corrected chi connectivity index (χ2v) is 9.82. The van der Waals surface area contributed by atoms with E-state index in [4.69, 9.17) is 0 Å². The normalized spacial score (nSPS) is 16.0. The standard InChI is InChI=1S/C28H29F2N7O/c29-20-8-7-19(17-21(20)30)9-12-35-13-15-36(16-14-35)27-26-25(32-18-33-27)24(22-5-2-4-11-37(22)26)28(38)34-23-6-1-3-10-31-23/h1,3,6-8,10,17-18H,2,4-5,9,11-16H2,(H,31,34,38). The molecule has 10 heteroatoms. The minimum absolute atomic E-state index is 0.198. The summed E-state index contributed by atoms with van der Waals surface area (Å²) in [6.45, 7) is 4.82. The summed E-state index contributed by atoms with van der Waals surface area (Å²) in [5.41, 5.74) is 4.01. The third-order valence-electron chi connectivity index (χ3n) is 7.48. The first kappa shape index (κ1) is 24.4. The molecule has 1 saturated heterocycles. The topological polar surface area (TPSA) is 79.2 Å². The van der Waals surface area contributed by atoms with Crippen molar-refractivity contribution in [2.75, 3.05) is 42.9 Å². The van der Waals surface area contributed by atoms with Crippen molar-refractivity contribution in [1.29, 1.82) is 0 Å². The molecule has 0 saturated carbocycles. The molecular formula is C28H29F2N7O. The number of amides is 1. The van der Waals surface area contributed by atoms with Crippen molar-refractivity contribution in [1.82, 2.24) is 24.4 Å². The van der Waals surface area contributed by atoms with Gasteiger partial charge < -0.3 is 14.8 Å². The lowest BCUT2D eigenvalue weighted by molar-refractivity contribution is 0.102. The average molecular weight is 518 g/mol. The molecule has 6 rings (SSSR count). The molecule has 1 amide bonds. The molecule has 0 radical (unpaired) electrons. The Morgan fingerprint density at radius 3 is 2.61 bits per heavy atom. The van der Waals surface area contributed by atoms with Gasteiger partial charge in [-0.15, -0.1) is 0 Å². The molecule has 0 spiro atoms. The molecule has 5 heterocycles. The van der Waals surface area contributed by atoms with Gasteiger partial charge in [0, 0.05) is 51.2 Å². The molecule has 1 fully saturated rings. The predicted octanol–water partition coefficient (Wildman–Crippen LogP) is 4.06. The molecule has 1 N–H and O–H groups in total. The predicted molar refractivity (Wildman–Crippen MR) is 141 cm³/mol. The highest BCUT2D eigenvalue weighted by Crippen LogP contribution is 2.35. The summed E-state index contributed by atoms with van der Waals surface area (Å²) in [5, 5.41) is 2.94. The first-order chi connectivity index (χ1) is 18.6. The number of aryl methyl sites for hydroxylation is 1. The number of fused-ring (bicyclic) bond motifs is 3. The number of rotatable bonds is 6. The van der Waals surface area contributed by atoms with Gasteiger partial charge in [0.15, 0.2) is 17.5 Å². The lowest BCUT2D eigenvalue weighted by atomic mass is 10.1. The molecule has 2 aliphatic heterocycles. The van der Waals surface area contributed by atoms with Crippen LogP contribution in [0, 0.1) is 11.6 Å². The summed E-state index contributed by atoms with van der Waals surface area (Å²) in [7, 11) is 0. The monoisotopic (exact) mass is 517 g/mol. The number of hydrogen-bond acceptors (Lipinski definition) is 6. The van der Waals surface area contributed by atoms with Gasteiger partial charge >= 0.3 is 0 Å². The third kappa shape index (κ3) is 4.71. The van der Waals surface area contributed by atoms with Crippen LogP contribution in [0.3, 0.4) is 0 Å². The highest BCUT2D eigenvalue weighted by atomic mass is 19.2. The number of aromatic nitrogens is 4. The van der Waals surface area contributed by atoms with Crippen LogP contribution in [-0.4, -0.2) is 63.0 Å². The van der Waals surface area contributed by atoms with Gasteiger partial charge in [0.25, 0.3) is 5.91 Å². The van der Waals surface area contributed by atoms with Gasteiger partial charge in [0.05, 0.1) is 5.56 Å².